The summed E-state index contributed by atoms with van der Waals surface area (Å²) >= 11 is 0. The van der Waals surface area contributed by atoms with Crippen LogP contribution >= 0.6 is 0 Å². The van der Waals surface area contributed by atoms with Crippen LogP contribution in [0.1, 0.15) is 105 Å². The van der Waals surface area contributed by atoms with Crippen molar-refractivity contribution in [3.63, 3.8) is 0 Å². The normalized spacial score (nSPS) is 11.6. The number of rotatable bonds is 13. The second kappa shape index (κ2) is 13.1. The molecule has 0 saturated heterocycles. The molecule has 0 aliphatic heterocycles. The molecular formula is C18H36O3. The molecule has 0 heterocycles. The molecule has 0 saturated carbocycles. The highest BCUT2D eigenvalue weighted by Gasteiger charge is 2.14. The van der Waals surface area contributed by atoms with Crippen molar-refractivity contribution in [3.8, 4) is 0 Å². The molecule has 0 rings (SSSR count). The first-order valence-corrected chi connectivity index (χ1v) is 8.84. The molecule has 3 nitrogen and oxygen atoms in total. The fourth-order valence-corrected chi connectivity index (χ4v) is 2.15. The predicted molar refractivity (Wildman–Crippen MR) is 88.0 cm³/mol. The van der Waals surface area contributed by atoms with E-state index in [4.69, 9.17) is 9.78 Å². The summed E-state index contributed by atoms with van der Waals surface area (Å²) in [5, 5.41) is 0. The molecule has 21 heavy (non-hydrogen) atoms. The zero-order valence-corrected chi connectivity index (χ0v) is 14.7. The third-order valence-corrected chi connectivity index (χ3v) is 3.37. The average Bonchev–Trinajstić information content (AvgIpc) is 2.42. The molecule has 0 unspecified atom stereocenters. The van der Waals surface area contributed by atoms with Gasteiger partial charge in [0.1, 0.15) is 5.60 Å². The van der Waals surface area contributed by atoms with Crippen LogP contribution in [-0.2, 0) is 14.6 Å². The van der Waals surface area contributed by atoms with Crippen LogP contribution < -0.4 is 0 Å². The first-order valence-electron chi connectivity index (χ1n) is 8.84. The highest BCUT2D eigenvalue weighted by atomic mass is 17.2. The molecular weight excluding hydrogens is 264 g/mol. The van der Waals surface area contributed by atoms with Gasteiger partial charge < -0.3 is 0 Å². The van der Waals surface area contributed by atoms with E-state index < -0.39 is 5.60 Å². The molecule has 0 bridgehead atoms. The maximum absolute atomic E-state index is 11.4. The second-order valence-electron chi connectivity index (χ2n) is 6.94. The highest BCUT2D eigenvalue weighted by molar-refractivity contribution is 5.68. The van der Waals surface area contributed by atoms with E-state index in [-0.39, 0.29) is 5.97 Å². The van der Waals surface area contributed by atoms with Crippen LogP contribution in [0.2, 0.25) is 0 Å². The van der Waals surface area contributed by atoms with Crippen LogP contribution in [0.25, 0.3) is 0 Å². The molecule has 0 aromatic carbocycles. The van der Waals surface area contributed by atoms with Crippen LogP contribution in [0.15, 0.2) is 0 Å². The topological polar surface area (TPSA) is 35.5 Å². The van der Waals surface area contributed by atoms with Crippen molar-refractivity contribution in [2.24, 2.45) is 0 Å². The lowest BCUT2D eigenvalue weighted by Gasteiger charge is -2.16. The number of hydrogen-bond acceptors (Lipinski definition) is 3. The maximum atomic E-state index is 11.4. The van der Waals surface area contributed by atoms with Gasteiger partial charge in [0.2, 0.25) is 0 Å². The van der Waals surface area contributed by atoms with Gasteiger partial charge in [-0.25, -0.2) is 4.79 Å². The SMILES string of the molecule is CCCCCCCCCCCCCC(=O)OOC(C)(C)C. The summed E-state index contributed by atoms with van der Waals surface area (Å²) in [6.07, 6.45) is 14.6. The molecule has 0 fully saturated rings. The second-order valence-corrected chi connectivity index (χ2v) is 6.94. The average molecular weight is 300 g/mol. The van der Waals surface area contributed by atoms with Gasteiger partial charge in [-0.1, -0.05) is 71.1 Å². The Hall–Kier alpha value is -0.570. The van der Waals surface area contributed by atoms with Gasteiger partial charge in [-0.05, 0) is 27.2 Å². The maximum Gasteiger partial charge on any atom is 0.342 e. The van der Waals surface area contributed by atoms with Crippen molar-refractivity contribution in [2.75, 3.05) is 0 Å². The minimum Gasteiger partial charge on any atom is -0.298 e. The van der Waals surface area contributed by atoms with Gasteiger partial charge in [0.05, 0.1) is 0 Å². The lowest BCUT2D eigenvalue weighted by molar-refractivity contribution is -0.320. The Morgan fingerprint density at radius 1 is 0.762 bits per heavy atom. The number of unbranched alkanes of at least 4 members (excludes halogenated alkanes) is 10. The summed E-state index contributed by atoms with van der Waals surface area (Å²) in [6.45, 7) is 7.85. The molecule has 0 aliphatic rings. The minimum absolute atomic E-state index is 0.249. The van der Waals surface area contributed by atoms with E-state index in [1.807, 2.05) is 20.8 Å². The van der Waals surface area contributed by atoms with Crippen molar-refractivity contribution in [1.29, 1.82) is 0 Å². The zero-order valence-electron chi connectivity index (χ0n) is 14.7. The summed E-state index contributed by atoms with van der Waals surface area (Å²) in [5.41, 5.74) is -0.424. The Balaban J connectivity index is 3.20. The first-order chi connectivity index (χ1) is 9.95. The summed E-state index contributed by atoms with van der Waals surface area (Å²) in [6, 6.07) is 0. The Morgan fingerprint density at radius 3 is 1.62 bits per heavy atom. The fourth-order valence-electron chi connectivity index (χ4n) is 2.15. The van der Waals surface area contributed by atoms with E-state index in [0.29, 0.717) is 6.42 Å². The summed E-state index contributed by atoms with van der Waals surface area (Å²) in [7, 11) is 0. The summed E-state index contributed by atoms with van der Waals surface area (Å²) in [5.74, 6) is -0.249. The minimum atomic E-state index is -0.424. The van der Waals surface area contributed by atoms with Gasteiger partial charge in [0.15, 0.2) is 0 Å². The molecule has 3 heteroatoms. The van der Waals surface area contributed by atoms with Crippen molar-refractivity contribution in [3.05, 3.63) is 0 Å². The summed E-state index contributed by atoms with van der Waals surface area (Å²) in [4.78, 5) is 21.2. The molecule has 0 atom stereocenters. The highest BCUT2D eigenvalue weighted by Crippen LogP contribution is 2.13. The zero-order chi connectivity index (χ0) is 16.0. The molecule has 0 aromatic heterocycles. The quantitative estimate of drug-likeness (QED) is 0.239. The smallest absolute Gasteiger partial charge is 0.298 e. The molecule has 0 radical (unpaired) electrons. The van der Waals surface area contributed by atoms with E-state index >= 15 is 0 Å². The standard InChI is InChI=1S/C18H36O3/c1-5-6-7-8-9-10-11-12-13-14-15-16-17(19)20-21-18(2,3)4/h5-16H2,1-4H3. The Kier molecular flexibility index (Phi) is 12.8. The molecule has 0 amide bonds. The van der Waals surface area contributed by atoms with Crippen LogP contribution in [-0.4, -0.2) is 11.6 Å². The van der Waals surface area contributed by atoms with Crippen LogP contribution in [0.5, 0.6) is 0 Å². The summed E-state index contributed by atoms with van der Waals surface area (Å²) < 4.78 is 0. The van der Waals surface area contributed by atoms with E-state index in [9.17, 15) is 4.79 Å². The first kappa shape index (κ1) is 20.4. The Morgan fingerprint density at radius 2 is 1.19 bits per heavy atom. The van der Waals surface area contributed by atoms with Gasteiger partial charge in [0, 0.05) is 6.42 Å². The molecule has 0 aliphatic carbocycles. The van der Waals surface area contributed by atoms with Crippen molar-refractivity contribution in [1.82, 2.24) is 0 Å². The Bertz CT molecular complexity index is 243. The molecule has 0 spiro atoms. The third kappa shape index (κ3) is 17.4. The van der Waals surface area contributed by atoms with Gasteiger partial charge in [0.25, 0.3) is 0 Å². The van der Waals surface area contributed by atoms with Gasteiger partial charge in [-0.3, -0.25) is 4.89 Å². The van der Waals surface area contributed by atoms with Gasteiger partial charge >= 0.3 is 5.97 Å². The van der Waals surface area contributed by atoms with E-state index in [1.54, 1.807) is 0 Å². The van der Waals surface area contributed by atoms with E-state index in [2.05, 4.69) is 6.92 Å². The molecule has 0 aromatic rings. The van der Waals surface area contributed by atoms with Crippen LogP contribution in [0, 0.1) is 0 Å². The number of carbonyl (C=O) groups excluding carboxylic acids is 1. The largest absolute Gasteiger partial charge is 0.342 e. The van der Waals surface area contributed by atoms with Crippen molar-refractivity contribution in [2.45, 2.75) is 110 Å². The number of carbonyl (C=O) groups is 1. The third-order valence-electron chi connectivity index (χ3n) is 3.37. The monoisotopic (exact) mass is 300 g/mol. The van der Waals surface area contributed by atoms with E-state index in [1.165, 1.54) is 57.8 Å². The van der Waals surface area contributed by atoms with Crippen molar-refractivity contribution >= 4 is 5.97 Å². The predicted octanol–water partition coefficient (Wildman–Crippen LogP) is 5.96. The van der Waals surface area contributed by atoms with Gasteiger partial charge in [-0.2, -0.15) is 4.89 Å². The van der Waals surface area contributed by atoms with Gasteiger partial charge in [-0.15, -0.1) is 0 Å². The van der Waals surface area contributed by atoms with Crippen molar-refractivity contribution < 1.29 is 14.6 Å². The van der Waals surface area contributed by atoms with E-state index in [0.717, 1.165) is 12.8 Å². The van der Waals surface area contributed by atoms with Crippen LogP contribution in [0.4, 0.5) is 0 Å². The fraction of sp³-hybridized carbons (Fsp3) is 0.944. The number of hydrogen-bond donors (Lipinski definition) is 0. The lowest BCUT2D eigenvalue weighted by atomic mass is 10.1. The molecule has 0 N–H and O–H groups in total. The Labute approximate surface area is 131 Å². The molecule has 126 valence electrons. The van der Waals surface area contributed by atoms with Crippen LogP contribution in [0.3, 0.4) is 0 Å². The lowest BCUT2D eigenvalue weighted by Crippen LogP contribution is -2.21.